The van der Waals surface area contributed by atoms with E-state index in [4.69, 9.17) is 0 Å². The average Bonchev–Trinajstić information content (AvgIpc) is 2.52. The smallest absolute Gasteiger partial charge is 0.113 e. The van der Waals surface area contributed by atoms with Gasteiger partial charge in [-0.25, -0.2) is 9.07 Å². The summed E-state index contributed by atoms with van der Waals surface area (Å²) in [7, 11) is 0. The molecule has 0 spiro atoms. The fourth-order valence-corrected chi connectivity index (χ4v) is 1.74. The van der Waals surface area contributed by atoms with E-state index in [0.717, 1.165) is 5.69 Å². The quantitative estimate of drug-likeness (QED) is 0.743. The molecule has 3 nitrogen and oxygen atoms in total. The predicted octanol–water partition coefficient (Wildman–Crippen LogP) is 2.15. The average molecular weight is 197 g/mol. The van der Waals surface area contributed by atoms with Crippen LogP contribution in [0.15, 0.2) is 6.20 Å². The van der Waals surface area contributed by atoms with Crippen molar-refractivity contribution in [1.82, 2.24) is 15.0 Å². The predicted molar refractivity (Wildman–Crippen MR) is 51.7 cm³/mol. The van der Waals surface area contributed by atoms with Crippen LogP contribution in [-0.4, -0.2) is 20.7 Å². The van der Waals surface area contributed by atoms with Crippen molar-refractivity contribution in [2.24, 2.45) is 5.92 Å². The lowest BCUT2D eigenvalue weighted by Gasteiger charge is -2.08. The summed E-state index contributed by atoms with van der Waals surface area (Å²) in [6, 6.07) is 0. The molecule has 0 radical (unpaired) electrons. The molecule has 0 saturated heterocycles. The summed E-state index contributed by atoms with van der Waals surface area (Å²) in [6.07, 6.45) is 2.42. The first kappa shape index (κ1) is 9.62. The third-order valence-corrected chi connectivity index (χ3v) is 2.97. The molecule has 1 aromatic rings. The highest BCUT2D eigenvalue weighted by molar-refractivity contribution is 5.04. The molecule has 0 bridgehead atoms. The lowest BCUT2D eigenvalue weighted by atomic mass is 10.1. The molecule has 1 saturated carbocycles. The van der Waals surface area contributed by atoms with Gasteiger partial charge >= 0.3 is 0 Å². The number of nitrogens with zero attached hydrogens (tertiary/aromatic N) is 3. The maximum absolute atomic E-state index is 13.3. The van der Waals surface area contributed by atoms with Gasteiger partial charge in [-0.05, 0) is 19.3 Å². The Morgan fingerprint density at radius 3 is 2.86 bits per heavy atom. The number of alkyl halides is 1. The first-order valence-corrected chi connectivity index (χ1v) is 5.08. The molecule has 2 unspecified atom stereocenters. The van der Waals surface area contributed by atoms with Crippen LogP contribution in [0.2, 0.25) is 0 Å². The molecule has 1 aliphatic rings. The van der Waals surface area contributed by atoms with Crippen molar-refractivity contribution in [3.8, 4) is 0 Å². The monoisotopic (exact) mass is 197 g/mol. The SMILES string of the molecule is CC(C)c1cnnn1CC1CC1(C)F. The molecule has 4 heteroatoms. The van der Waals surface area contributed by atoms with Crippen molar-refractivity contribution < 1.29 is 4.39 Å². The lowest BCUT2D eigenvalue weighted by molar-refractivity contribution is 0.292. The fourth-order valence-electron chi connectivity index (χ4n) is 1.74. The van der Waals surface area contributed by atoms with Crippen LogP contribution in [0.4, 0.5) is 4.39 Å². The van der Waals surface area contributed by atoms with E-state index in [0.29, 0.717) is 18.9 Å². The molecule has 2 atom stereocenters. The summed E-state index contributed by atoms with van der Waals surface area (Å²) < 4.78 is 15.2. The third kappa shape index (κ3) is 1.65. The van der Waals surface area contributed by atoms with Crippen molar-refractivity contribution in [2.45, 2.75) is 45.3 Å². The molecule has 0 aromatic carbocycles. The van der Waals surface area contributed by atoms with E-state index in [-0.39, 0.29) is 5.92 Å². The Balaban J connectivity index is 2.07. The van der Waals surface area contributed by atoms with Crippen LogP contribution >= 0.6 is 0 Å². The molecule has 14 heavy (non-hydrogen) atoms. The summed E-state index contributed by atoms with van der Waals surface area (Å²) in [5.41, 5.74) is 0.118. The lowest BCUT2D eigenvalue weighted by Crippen LogP contribution is -2.11. The van der Waals surface area contributed by atoms with Gasteiger partial charge in [-0.15, -0.1) is 5.10 Å². The van der Waals surface area contributed by atoms with Crippen molar-refractivity contribution in [1.29, 1.82) is 0 Å². The Kier molecular flexibility index (Phi) is 2.09. The maximum Gasteiger partial charge on any atom is 0.113 e. The number of hydrogen-bond donors (Lipinski definition) is 0. The molecule has 2 rings (SSSR count). The van der Waals surface area contributed by atoms with E-state index in [1.165, 1.54) is 0 Å². The van der Waals surface area contributed by atoms with Crippen molar-refractivity contribution in [3.05, 3.63) is 11.9 Å². The van der Waals surface area contributed by atoms with Gasteiger partial charge in [0.05, 0.1) is 11.9 Å². The Hall–Kier alpha value is -0.930. The highest BCUT2D eigenvalue weighted by atomic mass is 19.1. The highest BCUT2D eigenvalue weighted by Crippen LogP contribution is 2.47. The molecule has 0 N–H and O–H groups in total. The largest absolute Gasteiger partial charge is 0.249 e. The Morgan fingerprint density at radius 1 is 1.71 bits per heavy atom. The number of hydrogen-bond acceptors (Lipinski definition) is 2. The van der Waals surface area contributed by atoms with Crippen LogP contribution in [0.3, 0.4) is 0 Å². The van der Waals surface area contributed by atoms with Crippen LogP contribution in [0.5, 0.6) is 0 Å². The van der Waals surface area contributed by atoms with Gasteiger partial charge < -0.3 is 0 Å². The minimum absolute atomic E-state index is 0.127. The van der Waals surface area contributed by atoms with Gasteiger partial charge in [0.2, 0.25) is 0 Å². The second-order valence-electron chi connectivity index (χ2n) is 4.67. The van der Waals surface area contributed by atoms with Gasteiger partial charge in [0.15, 0.2) is 0 Å². The van der Waals surface area contributed by atoms with E-state index >= 15 is 0 Å². The summed E-state index contributed by atoms with van der Waals surface area (Å²) in [6.45, 7) is 6.51. The molecular formula is C10H16FN3. The van der Waals surface area contributed by atoms with E-state index in [9.17, 15) is 4.39 Å². The zero-order valence-corrected chi connectivity index (χ0v) is 8.87. The van der Waals surface area contributed by atoms with Crippen LogP contribution in [0, 0.1) is 5.92 Å². The van der Waals surface area contributed by atoms with Gasteiger partial charge in [0.25, 0.3) is 0 Å². The number of aromatic nitrogens is 3. The van der Waals surface area contributed by atoms with Gasteiger partial charge in [-0.3, -0.25) is 0 Å². The summed E-state index contributed by atoms with van der Waals surface area (Å²) in [5, 5.41) is 7.85. The normalized spacial score (nSPS) is 31.1. The molecule has 78 valence electrons. The molecule has 1 fully saturated rings. The van der Waals surface area contributed by atoms with Gasteiger partial charge in [-0.1, -0.05) is 19.1 Å². The second-order valence-corrected chi connectivity index (χ2v) is 4.67. The number of halogens is 1. The van der Waals surface area contributed by atoms with Gasteiger partial charge in [0.1, 0.15) is 5.67 Å². The molecule has 0 aliphatic heterocycles. The van der Waals surface area contributed by atoms with Crippen molar-refractivity contribution in [2.75, 3.05) is 0 Å². The highest BCUT2D eigenvalue weighted by Gasteiger charge is 2.51. The van der Waals surface area contributed by atoms with Crippen LogP contribution in [0.25, 0.3) is 0 Å². The molecular weight excluding hydrogens is 181 g/mol. The molecule has 1 aliphatic carbocycles. The summed E-state index contributed by atoms with van der Waals surface area (Å²) in [5.74, 6) is 0.524. The molecule has 0 amide bonds. The third-order valence-electron chi connectivity index (χ3n) is 2.97. The standard InChI is InChI=1S/C10H16FN3/c1-7(2)9-5-12-13-14(9)6-8-4-10(8,3)11/h5,7-8H,4,6H2,1-3H3. The van der Waals surface area contributed by atoms with E-state index in [1.54, 1.807) is 13.1 Å². The van der Waals surface area contributed by atoms with Gasteiger partial charge in [-0.2, -0.15) is 0 Å². The first-order valence-electron chi connectivity index (χ1n) is 5.08. The van der Waals surface area contributed by atoms with E-state index < -0.39 is 5.67 Å². The Labute approximate surface area is 83.3 Å². The summed E-state index contributed by atoms with van der Waals surface area (Å²) >= 11 is 0. The molecule has 1 aromatic heterocycles. The zero-order chi connectivity index (χ0) is 10.3. The topological polar surface area (TPSA) is 30.7 Å². The first-order chi connectivity index (χ1) is 6.50. The fraction of sp³-hybridized carbons (Fsp3) is 0.800. The Bertz CT molecular complexity index is 330. The van der Waals surface area contributed by atoms with Crippen LogP contribution in [0.1, 0.15) is 38.8 Å². The van der Waals surface area contributed by atoms with Crippen LogP contribution < -0.4 is 0 Å². The van der Waals surface area contributed by atoms with Crippen molar-refractivity contribution >= 4 is 0 Å². The molecule has 1 heterocycles. The van der Waals surface area contributed by atoms with E-state index in [2.05, 4.69) is 24.2 Å². The number of rotatable bonds is 3. The minimum Gasteiger partial charge on any atom is -0.249 e. The summed E-state index contributed by atoms with van der Waals surface area (Å²) in [4.78, 5) is 0. The minimum atomic E-state index is -0.972. The second kappa shape index (κ2) is 3.04. The van der Waals surface area contributed by atoms with Crippen molar-refractivity contribution in [3.63, 3.8) is 0 Å². The maximum atomic E-state index is 13.3. The van der Waals surface area contributed by atoms with E-state index in [1.807, 2.05) is 4.68 Å². The van der Waals surface area contributed by atoms with Crippen LogP contribution in [-0.2, 0) is 6.54 Å². The Morgan fingerprint density at radius 2 is 2.36 bits per heavy atom. The van der Waals surface area contributed by atoms with Gasteiger partial charge in [0, 0.05) is 12.5 Å². The zero-order valence-electron chi connectivity index (χ0n) is 8.87.